The highest BCUT2D eigenvalue weighted by Gasteiger charge is 2.06. The molecule has 0 unspecified atom stereocenters. The number of nitrogens with zero attached hydrogens (tertiary/aromatic N) is 1. The Morgan fingerprint density at radius 3 is 2.84 bits per heavy atom. The van der Waals surface area contributed by atoms with Crippen molar-refractivity contribution in [1.29, 1.82) is 0 Å². The lowest BCUT2D eigenvalue weighted by Gasteiger charge is -1.98. The first-order valence-electron chi connectivity index (χ1n) is 5.31. The van der Waals surface area contributed by atoms with E-state index in [2.05, 4.69) is 4.98 Å². The van der Waals surface area contributed by atoms with Crippen molar-refractivity contribution in [3.63, 3.8) is 0 Å². The number of alkyl halides is 1. The van der Waals surface area contributed by atoms with Crippen LogP contribution in [-0.2, 0) is 5.88 Å². The Balaban J connectivity index is 2.21. The van der Waals surface area contributed by atoms with Gasteiger partial charge in [0, 0.05) is 11.6 Å². The van der Waals surface area contributed by atoms with Crippen LogP contribution < -0.4 is 0 Å². The number of rotatable bonds is 4. The van der Waals surface area contributed by atoms with Crippen molar-refractivity contribution in [1.82, 2.24) is 4.98 Å². The minimum atomic E-state index is -1.17. The molecule has 0 aliphatic carbocycles. The Kier molecular flexibility index (Phi) is 3.97. The lowest BCUT2D eigenvalue weighted by molar-refractivity contribution is 0.0696. The SMILES string of the molecule is O=C(O)c1ccc(C=Cc2nc(CCl)co2)c(F)c1. The molecule has 98 valence electrons. The van der Waals surface area contributed by atoms with Crippen LogP contribution in [0.2, 0.25) is 0 Å². The average molecular weight is 282 g/mol. The van der Waals surface area contributed by atoms with Crippen molar-refractivity contribution in [3.05, 3.63) is 53.0 Å². The van der Waals surface area contributed by atoms with E-state index in [1.54, 1.807) is 0 Å². The van der Waals surface area contributed by atoms with Gasteiger partial charge in [0.25, 0.3) is 0 Å². The Labute approximate surface area is 113 Å². The molecule has 1 aromatic heterocycles. The number of aromatic nitrogens is 1. The maximum Gasteiger partial charge on any atom is 0.335 e. The molecule has 0 fully saturated rings. The van der Waals surface area contributed by atoms with Gasteiger partial charge in [0.2, 0.25) is 5.89 Å². The average Bonchev–Trinajstić information content (AvgIpc) is 2.85. The molecule has 0 saturated heterocycles. The van der Waals surface area contributed by atoms with E-state index < -0.39 is 11.8 Å². The zero-order valence-corrected chi connectivity index (χ0v) is 10.4. The van der Waals surface area contributed by atoms with E-state index in [4.69, 9.17) is 21.1 Å². The zero-order chi connectivity index (χ0) is 13.8. The minimum Gasteiger partial charge on any atom is -0.478 e. The molecule has 0 atom stereocenters. The summed E-state index contributed by atoms with van der Waals surface area (Å²) in [4.78, 5) is 14.7. The van der Waals surface area contributed by atoms with Gasteiger partial charge >= 0.3 is 5.97 Å². The maximum atomic E-state index is 13.6. The molecule has 0 spiro atoms. The second-order valence-electron chi connectivity index (χ2n) is 3.69. The van der Waals surface area contributed by atoms with E-state index >= 15 is 0 Å². The third-order valence-electron chi connectivity index (χ3n) is 2.36. The summed E-state index contributed by atoms with van der Waals surface area (Å²) in [6.45, 7) is 0. The normalized spacial score (nSPS) is 11.1. The van der Waals surface area contributed by atoms with Gasteiger partial charge in [-0.15, -0.1) is 11.6 Å². The van der Waals surface area contributed by atoms with E-state index in [9.17, 15) is 9.18 Å². The highest BCUT2D eigenvalue weighted by Crippen LogP contribution is 2.14. The first-order valence-corrected chi connectivity index (χ1v) is 5.85. The van der Waals surface area contributed by atoms with Crippen molar-refractivity contribution in [2.24, 2.45) is 0 Å². The Hall–Kier alpha value is -2.14. The summed E-state index contributed by atoms with van der Waals surface area (Å²) in [6, 6.07) is 3.66. The first-order chi connectivity index (χ1) is 9.10. The van der Waals surface area contributed by atoms with E-state index in [1.165, 1.54) is 30.5 Å². The first kappa shape index (κ1) is 13.3. The zero-order valence-electron chi connectivity index (χ0n) is 9.64. The number of benzene rings is 1. The summed E-state index contributed by atoms with van der Waals surface area (Å²) < 4.78 is 18.7. The van der Waals surface area contributed by atoms with Gasteiger partial charge in [-0.3, -0.25) is 0 Å². The third kappa shape index (κ3) is 3.20. The summed E-state index contributed by atoms with van der Waals surface area (Å²) in [5.74, 6) is -1.26. The molecular formula is C13H9ClFNO3. The smallest absolute Gasteiger partial charge is 0.335 e. The van der Waals surface area contributed by atoms with Crippen LogP contribution in [0.3, 0.4) is 0 Å². The van der Waals surface area contributed by atoms with Crippen LogP contribution in [0.1, 0.15) is 27.5 Å². The van der Waals surface area contributed by atoms with Crippen molar-refractivity contribution in [2.75, 3.05) is 0 Å². The highest BCUT2D eigenvalue weighted by atomic mass is 35.5. The maximum absolute atomic E-state index is 13.6. The second kappa shape index (κ2) is 5.67. The van der Waals surface area contributed by atoms with Gasteiger partial charge in [-0.2, -0.15) is 0 Å². The van der Waals surface area contributed by atoms with E-state index in [0.717, 1.165) is 6.07 Å². The van der Waals surface area contributed by atoms with Gasteiger partial charge in [-0.05, 0) is 18.2 Å². The van der Waals surface area contributed by atoms with Gasteiger partial charge in [-0.25, -0.2) is 14.2 Å². The number of carboxylic acid groups (broad SMARTS) is 1. The molecule has 0 aliphatic rings. The van der Waals surface area contributed by atoms with Gasteiger partial charge in [-0.1, -0.05) is 6.07 Å². The number of hydrogen-bond donors (Lipinski definition) is 1. The van der Waals surface area contributed by atoms with Crippen molar-refractivity contribution in [2.45, 2.75) is 5.88 Å². The molecule has 4 nitrogen and oxygen atoms in total. The minimum absolute atomic E-state index is 0.102. The monoisotopic (exact) mass is 281 g/mol. The molecule has 1 heterocycles. The molecule has 1 aromatic carbocycles. The van der Waals surface area contributed by atoms with Crippen LogP contribution in [0.25, 0.3) is 12.2 Å². The van der Waals surface area contributed by atoms with Gasteiger partial charge in [0.1, 0.15) is 12.1 Å². The molecule has 0 aliphatic heterocycles. The molecule has 2 aromatic rings. The molecule has 0 bridgehead atoms. The van der Waals surface area contributed by atoms with Crippen LogP contribution in [0.15, 0.2) is 28.9 Å². The van der Waals surface area contributed by atoms with Crippen LogP contribution in [0.4, 0.5) is 4.39 Å². The van der Waals surface area contributed by atoms with Crippen molar-refractivity contribution < 1.29 is 18.7 Å². The quantitative estimate of drug-likeness (QED) is 0.872. The molecule has 0 saturated carbocycles. The molecule has 0 radical (unpaired) electrons. The number of aromatic carboxylic acids is 1. The number of carbonyl (C=O) groups is 1. The van der Waals surface area contributed by atoms with Gasteiger partial charge < -0.3 is 9.52 Å². The fourth-order valence-electron chi connectivity index (χ4n) is 1.42. The topological polar surface area (TPSA) is 63.3 Å². The third-order valence-corrected chi connectivity index (χ3v) is 2.63. The number of carboxylic acids is 1. The predicted molar refractivity (Wildman–Crippen MR) is 68.3 cm³/mol. The van der Waals surface area contributed by atoms with Crippen LogP contribution in [0, 0.1) is 5.82 Å². The van der Waals surface area contributed by atoms with E-state index in [1.807, 2.05) is 0 Å². The predicted octanol–water partition coefficient (Wildman–Crippen LogP) is 3.42. The molecule has 19 heavy (non-hydrogen) atoms. The summed E-state index contributed by atoms with van der Waals surface area (Å²) in [5, 5.41) is 8.72. The molecular weight excluding hydrogens is 273 g/mol. The van der Waals surface area contributed by atoms with Gasteiger partial charge in [0.05, 0.1) is 17.1 Å². The number of halogens is 2. The Morgan fingerprint density at radius 1 is 1.47 bits per heavy atom. The summed E-state index contributed by atoms with van der Waals surface area (Å²) in [6.07, 6.45) is 4.34. The molecule has 2 rings (SSSR count). The fourth-order valence-corrected chi connectivity index (χ4v) is 1.54. The van der Waals surface area contributed by atoms with Crippen LogP contribution in [-0.4, -0.2) is 16.1 Å². The Bertz CT molecular complexity index is 637. The van der Waals surface area contributed by atoms with Crippen molar-refractivity contribution in [3.8, 4) is 0 Å². The van der Waals surface area contributed by atoms with Crippen molar-refractivity contribution >= 4 is 29.7 Å². The summed E-state index contributed by atoms with van der Waals surface area (Å²) >= 11 is 5.57. The molecule has 0 amide bonds. The lowest BCUT2D eigenvalue weighted by atomic mass is 10.1. The lowest BCUT2D eigenvalue weighted by Crippen LogP contribution is -1.97. The fraction of sp³-hybridized carbons (Fsp3) is 0.0769. The number of hydrogen-bond acceptors (Lipinski definition) is 3. The van der Waals surface area contributed by atoms with E-state index in [0.29, 0.717) is 11.6 Å². The molecule has 6 heteroatoms. The standard InChI is InChI=1S/C13H9ClFNO3/c14-6-10-7-19-12(16-10)4-3-8-1-2-9(13(17)18)5-11(8)15/h1-5,7H,6H2,(H,17,18). The number of oxazole rings is 1. The molecule has 1 N–H and O–H groups in total. The van der Waals surface area contributed by atoms with Crippen LogP contribution >= 0.6 is 11.6 Å². The summed E-state index contributed by atoms with van der Waals surface area (Å²) in [7, 11) is 0. The van der Waals surface area contributed by atoms with Crippen LogP contribution in [0.5, 0.6) is 0 Å². The largest absolute Gasteiger partial charge is 0.478 e. The summed E-state index contributed by atoms with van der Waals surface area (Å²) in [5.41, 5.74) is 0.730. The highest BCUT2D eigenvalue weighted by molar-refractivity contribution is 6.16. The van der Waals surface area contributed by atoms with E-state index in [-0.39, 0.29) is 17.0 Å². The second-order valence-corrected chi connectivity index (χ2v) is 3.95. The Morgan fingerprint density at radius 2 is 2.26 bits per heavy atom. The van der Waals surface area contributed by atoms with Gasteiger partial charge in [0.15, 0.2) is 0 Å².